The topological polar surface area (TPSA) is 72.2 Å². The van der Waals surface area contributed by atoms with Gasteiger partial charge in [0.25, 0.3) is 0 Å². The first-order valence-corrected chi connectivity index (χ1v) is 7.76. The number of carbonyl (C=O) groups is 2. The molecule has 0 radical (unpaired) electrons. The minimum Gasteiger partial charge on any atom is -0.512 e. The summed E-state index contributed by atoms with van der Waals surface area (Å²) in [5, 5.41) is 14.9. The fourth-order valence-corrected chi connectivity index (χ4v) is 3.47. The minimum absolute atomic E-state index is 0.0227. The maximum atomic E-state index is 12.5. The van der Waals surface area contributed by atoms with E-state index in [9.17, 15) is 14.7 Å². The molecule has 22 heavy (non-hydrogen) atoms. The Morgan fingerprint density at radius 1 is 1.50 bits per heavy atom. The molecule has 2 rings (SSSR count). The predicted octanol–water partition coefficient (Wildman–Crippen LogP) is 3.11. The van der Waals surface area contributed by atoms with Crippen molar-refractivity contribution in [1.29, 1.82) is 0 Å². The van der Waals surface area contributed by atoms with Gasteiger partial charge in [-0.05, 0) is 19.3 Å². The molecule has 0 spiro atoms. The van der Waals surface area contributed by atoms with Crippen LogP contribution in [0.15, 0.2) is 11.3 Å². The van der Waals surface area contributed by atoms with Gasteiger partial charge in [0.1, 0.15) is 17.2 Å². The zero-order valence-corrected chi connectivity index (χ0v) is 14.0. The summed E-state index contributed by atoms with van der Waals surface area (Å²) in [6.07, 6.45) is 1.45. The molecule has 120 valence electrons. The molecule has 1 fully saturated rings. The molecule has 6 heteroatoms. The average molecular weight is 325 g/mol. The molecule has 2 unspecified atom stereocenters. The monoisotopic (exact) mass is 324 g/mol. The summed E-state index contributed by atoms with van der Waals surface area (Å²) in [5.74, 6) is -1.08. The van der Waals surface area contributed by atoms with Crippen LogP contribution in [0.3, 0.4) is 0 Å². The zero-order chi connectivity index (χ0) is 16.6. The summed E-state index contributed by atoms with van der Waals surface area (Å²) in [4.78, 5) is 23.9. The Morgan fingerprint density at radius 2 is 2.14 bits per heavy atom. The molecule has 0 aliphatic heterocycles. The Labute approximate surface area is 135 Å². The van der Waals surface area contributed by atoms with Crippen molar-refractivity contribution >= 4 is 23.7 Å². The third kappa shape index (κ3) is 2.82. The average Bonchev–Trinajstić information content (AvgIpc) is 2.70. The van der Waals surface area contributed by atoms with Crippen molar-refractivity contribution < 1.29 is 14.7 Å². The summed E-state index contributed by atoms with van der Waals surface area (Å²) < 4.78 is 1.57. The van der Waals surface area contributed by atoms with E-state index in [0.717, 1.165) is 17.5 Å². The van der Waals surface area contributed by atoms with Crippen LogP contribution in [0.5, 0.6) is 0 Å². The highest BCUT2D eigenvalue weighted by atomic mass is 35.5. The van der Waals surface area contributed by atoms with E-state index in [0.29, 0.717) is 11.6 Å². The summed E-state index contributed by atoms with van der Waals surface area (Å²) >= 11 is 6.27. The Bertz CT molecular complexity index is 646. The van der Waals surface area contributed by atoms with Crippen LogP contribution in [0.2, 0.25) is 5.15 Å². The lowest BCUT2D eigenvalue weighted by molar-refractivity contribution is -0.121. The molecule has 1 heterocycles. The van der Waals surface area contributed by atoms with Gasteiger partial charge in [-0.15, -0.1) is 0 Å². The lowest BCUT2D eigenvalue weighted by Gasteiger charge is -2.29. The van der Waals surface area contributed by atoms with Crippen molar-refractivity contribution in [2.45, 2.75) is 39.5 Å². The number of aliphatic hydroxyl groups is 1. The number of carbonyl (C=O) groups excluding carboxylic acids is 2. The van der Waals surface area contributed by atoms with Gasteiger partial charge in [0.15, 0.2) is 5.78 Å². The predicted molar refractivity (Wildman–Crippen MR) is 84.0 cm³/mol. The first-order chi connectivity index (χ1) is 10.3. The van der Waals surface area contributed by atoms with Crippen molar-refractivity contribution in [3.05, 3.63) is 27.7 Å². The zero-order valence-electron chi connectivity index (χ0n) is 13.3. The van der Waals surface area contributed by atoms with Gasteiger partial charge in [0, 0.05) is 36.4 Å². The second-order valence-electron chi connectivity index (χ2n) is 6.17. The third-order valence-electron chi connectivity index (χ3n) is 4.23. The van der Waals surface area contributed by atoms with Crippen LogP contribution in [0.4, 0.5) is 0 Å². The molecule has 1 N–H and O–H groups in total. The van der Waals surface area contributed by atoms with E-state index in [2.05, 4.69) is 5.10 Å². The minimum atomic E-state index is -0.593. The summed E-state index contributed by atoms with van der Waals surface area (Å²) in [6, 6.07) is 0. The van der Waals surface area contributed by atoms with E-state index < -0.39 is 5.92 Å². The highest BCUT2D eigenvalue weighted by Gasteiger charge is 2.37. The number of hydrogen-bond acceptors (Lipinski definition) is 4. The van der Waals surface area contributed by atoms with Gasteiger partial charge in [-0.1, -0.05) is 25.4 Å². The van der Waals surface area contributed by atoms with Crippen LogP contribution < -0.4 is 0 Å². The van der Waals surface area contributed by atoms with E-state index in [1.165, 1.54) is 0 Å². The van der Waals surface area contributed by atoms with Gasteiger partial charge in [-0.25, -0.2) is 0 Å². The summed E-state index contributed by atoms with van der Waals surface area (Å²) in [7, 11) is 1.75. The highest BCUT2D eigenvalue weighted by molar-refractivity contribution is 6.30. The quantitative estimate of drug-likeness (QED) is 0.527. The third-order valence-corrected chi connectivity index (χ3v) is 4.68. The van der Waals surface area contributed by atoms with Crippen molar-refractivity contribution in [1.82, 2.24) is 9.78 Å². The Kier molecular flexibility index (Phi) is 4.75. The molecule has 1 saturated carbocycles. The number of Topliss-reactive ketones (excluding diaryl/α,β-unsaturated/α-hetero) is 1. The number of aryl methyl sites for hydroxylation is 2. The first kappa shape index (κ1) is 16.7. The van der Waals surface area contributed by atoms with Crippen LogP contribution in [0.1, 0.15) is 43.9 Å². The number of ketones is 1. The number of allylic oxidation sites excluding steroid dienone is 2. The van der Waals surface area contributed by atoms with Crippen LogP contribution in [0.25, 0.3) is 0 Å². The van der Waals surface area contributed by atoms with E-state index in [1.54, 1.807) is 25.6 Å². The molecule has 0 saturated heterocycles. The van der Waals surface area contributed by atoms with Gasteiger partial charge >= 0.3 is 0 Å². The van der Waals surface area contributed by atoms with Crippen LogP contribution >= 0.6 is 11.6 Å². The second kappa shape index (κ2) is 6.24. The summed E-state index contributed by atoms with van der Waals surface area (Å²) in [6.45, 7) is 5.44. The molecular weight excluding hydrogens is 304 g/mol. The van der Waals surface area contributed by atoms with Gasteiger partial charge in [0.2, 0.25) is 0 Å². The number of aldehydes is 1. The fraction of sp³-hybridized carbons (Fsp3) is 0.562. The molecule has 1 aliphatic rings. The Hall–Kier alpha value is -1.62. The molecule has 1 aliphatic carbocycles. The molecular formula is C16H21ClN2O3. The molecule has 0 bridgehead atoms. The smallest absolute Gasteiger partial charge is 0.163 e. The van der Waals surface area contributed by atoms with Crippen molar-refractivity contribution in [3.63, 3.8) is 0 Å². The normalized spacial score (nSPS) is 24.7. The van der Waals surface area contributed by atoms with Gasteiger partial charge < -0.3 is 9.90 Å². The van der Waals surface area contributed by atoms with Crippen LogP contribution in [-0.2, 0) is 16.6 Å². The Morgan fingerprint density at radius 3 is 2.59 bits per heavy atom. The largest absolute Gasteiger partial charge is 0.512 e. The SMILES string of the molecule is Cc1nn(C)c(Cl)c1C1CC(=O)C(=C(O)C(C)C)C(C=O)C1. The summed E-state index contributed by atoms with van der Waals surface area (Å²) in [5.41, 5.74) is 1.86. The molecule has 0 aromatic carbocycles. The van der Waals surface area contributed by atoms with Crippen LogP contribution in [0, 0.1) is 18.8 Å². The number of rotatable bonds is 3. The Balaban J connectivity index is 2.42. The molecule has 0 amide bonds. The van der Waals surface area contributed by atoms with Crippen molar-refractivity contribution in [2.24, 2.45) is 18.9 Å². The molecule has 5 nitrogen and oxygen atoms in total. The highest BCUT2D eigenvalue weighted by Crippen LogP contribution is 2.41. The van der Waals surface area contributed by atoms with E-state index in [4.69, 9.17) is 11.6 Å². The fourth-order valence-electron chi connectivity index (χ4n) is 3.15. The molecule has 1 aromatic heterocycles. The number of aromatic nitrogens is 2. The van der Waals surface area contributed by atoms with E-state index >= 15 is 0 Å². The maximum absolute atomic E-state index is 12.5. The molecule has 2 atom stereocenters. The van der Waals surface area contributed by atoms with Crippen LogP contribution in [-0.4, -0.2) is 27.0 Å². The van der Waals surface area contributed by atoms with E-state index in [1.807, 2.05) is 6.92 Å². The first-order valence-electron chi connectivity index (χ1n) is 7.38. The van der Waals surface area contributed by atoms with Crippen molar-refractivity contribution in [2.75, 3.05) is 0 Å². The van der Waals surface area contributed by atoms with E-state index in [-0.39, 0.29) is 35.4 Å². The standard InChI is InChI=1S/C16H21ClN2O3/c1-8(2)15(22)14-11(7-20)5-10(6-12(14)21)13-9(3)18-19(4)16(13)17/h7-8,10-11,22H,5-6H2,1-4H3. The van der Waals surface area contributed by atoms with Gasteiger partial charge in [0.05, 0.1) is 5.69 Å². The lowest BCUT2D eigenvalue weighted by Crippen LogP contribution is -2.28. The lowest BCUT2D eigenvalue weighted by atomic mass is 9.74. The number of halogens is 1. The second-order valence-corrected chi connectivity index (χ2v) is 6.53. The number of aliphatic hydroxyl groups excluding tert-OH is 1. The maximum Gasteiger partial charge on any atom is 0.163 e. The molecule has 1 aromatic rings. The number of hydrogen-bond donors (Lipinski definition) is 1. The van der Waals surface area contributed by atoms with Gasteiger partial charge in [-0.3, -0.25) is 9.48 Å². The van der Waals surface area contributed by atoms with Crippen molar-refractivity contribution in [3.8, 4) is 0 Å². The number of nitrogens with zero attached hydrogens (tertiary/aromatic N) is 2. The van der Waals surface area contributed by atoms with Gasteiger partial charge in [-0.2, -0.15) is 5.10 Å².